The molecule has 0 bridgehead atoms. The van der Waals surface area contributed by atoms with E-state index in [0.717, 1.165) is 19.2 Å². The summed E-state index contributed by atoms with van der Waals surface area (Å²) in [7, 11) is 0. The molecule has 4 heteroatoms. The van der Waals surface area contributed by atoms with Crippen LogP contribution >= 0.6 is 0 Å². The largest absolute Gasteiger partial charge is 0.396 e. The molecule has 0 aromatic heterocycles. The molecular formula is C12H14F2N2. The Morgan fingerprint density at radius 1 is 1.12 bits per heavy atom. The molecule has 1 aliphatic carbocycles. The predicted molar refractivity (Wildman–Crippen MR) is 59.3 cm³/mol. The first-order valence-electron chi connectivity index (χ1n) is 5.59. The van der Waals surface area contributed by atoms with Crippen LogP contribution in [-0.4, -0.2) is 13.1 Å². The standard InChI is InChI=1S/C12H14F2N2/c13-8-4-9(14)11(5-10(8)15)16-6-12(7-16)2-1-3-12/h4-5H,1-3,6-7,15H2. The molecule has 2 N–H and O–H groups in total. The van der Waals surface area contributed by atoms with Gasteiger partial charge in [-0.25, -0.2) is 8.78 Å². The molecule has 2 fully saturated rings. The van der Waals surface area contributed by atoms with E-state index in [2.05, 4.69) is 0 Å². The SMILES string of the molecule is Nc1cc(N2CC3(CCC3)C2)c(F)cc1F. The number of hydrogen-bond donors (Lipinski definition) is 1. The molecular weight excluding hydrogens is 210 g/mol. The van der Waals surface area contributed by atoms with E-state index < -0.39 is 11.6 Å². The van der Waals surface area contributed by atoms with Gasteiger partial charge >= 0.3 is 0 Å². The average molecular weight is 224 g/mol. The maximum atomic E-state index is 13.5. The summed E-state index contributed by atoms with van der Waals surface area (Å²) in [4.78, 5) is 1.95. The first kappa shape index (κ1) is 9.87. The number of anilines is 2. The lowest BCUT2D eigenvalue weighted by Gasteiger charge is -2.57. The van der Waals surface area contributed by atoms with Gasteiger partial charge in [0, 0.05) is 24.6 Å². The molecule has 0 atom stereocenters. The van der Waals surface area contributed by atoms with Crippen LogP contribution in [0.25, 0.3) is 0 Å². The maximum absolute atomic E-state index is 13.5. The molecule has 0 radical (unpaired) electrons. The van der Waals surface area contributed by atoms with Crippen molar-refractivity contribution in [2.75, 3.05) is 23.7 Å². The molecule has 1 aromatic rings. The van der Waals surface area contributed by atoms with Gasteiger partial charge in [-0.05, 0) is 18.9 Å². The molecule has 86 valence electrons. The van der Waals surface area contributed by atoms with Gasteiger partial charge in [0.05, 0.1) is 11.4 Å². The van der Waals surface area contributed by atoms with Crippen LogP contribution < -0.4 is 10.6 Å². The molecule has 1 saturated heterocycles. The number of benzene rings is 1. The van der Waals surface area contributed by atoms with Gasteiger partial charge in [-0.15, -0.1) is 0 Å². The fraction of sp³-hybridized carbons (Fsp3) is 0.500. The molecule has 0 amide bonds. The highest BCUT2D eigenvalue weighted by Crippen LogP contribution is 2.49. The van der Waals surface area contributed by atoms with Crippen LogP contribution in [0.15, 0.2) is 12.1 Å². The van der Waals surface area contributed by atoms with Gasteiger partial charge < -0.3 is 10.6 Å². The topological polar surface area (TPSA) is 29.3 Å². The quantitative estimate of drug-likeness (QED) is 0.743. The predicted octanol–water partition coefficient (Wildman–Crippen LogP) is 2.54. The van der Waals surface area contributed by atoms with Crippen molar-refractivity contribution in [3.8, 4) is 0 Å². The number of rotatable bonds is 1. The van der Waals surface area contributed by atoms with Crippen LogP contribution in [0.1, 0.15) is 19.3 Å². The Morgan fingerprint density at radius 3 is 2.38 bits per heavy atom. The molecule has 1 aliphatic heterocycles. The lowest BCUT2D eigenvalue weighted by atomic mass is 9.63. The van der Waals surface area contributed by atoms with Gasteiger partial charge in [-0.1, -0.05) is 6.42 Å². The Kier molecular flexibility index (Phi) is 1.91. The van der Waals surface area contributed by atoms with Crippen LogP contribution in [0.3, 0.4) is 0 Å². The summed E-state index contributed by atoms with van der Waals surface area (Å²) >= 11 is 0. The second-order valence-corrected chi connectivity index (χ2v) is 5.03. The van der Waals surface area contributed by atoms with E-state index in [-0.39, 0.29) is 5.69 Å². The van der Waals surface area contributed by atoms with Crippen molar-refractivity contribution < 1.29 is 8.78 Å². The molecule has 3 rings (SSSR count). The third-order valence-corrected chi connectivity index (χ3v) is 3.87. The van der Waals surface area contributed by atoms with Crippen LogP contribution in [0.5, 0.6) is 0 Å². The highest BCUT2D eigenvalue weighted by molar-refractivity contribution is 5.59. The van der Waals surface area contributed by atoms with Crippen molar-refractivity contribution in [3.05, 3.63) is 23.8 Å². The van der Waals surface area contributed by atoms with Crippen molar-refractivity contribution in [1.82, 2.24) is 0 Å². The second kappa shape index (κ2) is 3.09. The van der Waals surface area contributed by atoms with E-state index in [1.54, 1.807) is 0 Å². The van der Waals surface area contributed by atoms with Crippen molar-refractivity contribution in [3.63, 3.8) is 0 Å². The van der Waals surface area contributed by atoms with Crippen molar-refractivity contribution in [1.29, 1.82) is 0 Å². The second-order valence-electron chi connectivity index (χ2n) is 5.03. The van der Waals surface area contributed by atoms with Gasteiger partial charge in [0.2, 0.25) is 0 Å². The lowest BCUT2D eigenvalue weighted by molar-refractivity contribution is 0.0897. The van der Waals surface area contributed by atoms with Gasteiger partial charge in [-0.3, -0.25) is 0 Å². The van der Waals surface area contributed by atoms with Crippen LogP contribution in [0.4, 0.5) is 20.2 Å². The Morgan fingerprint density at radius 2 is 1.81 bits per heavy atom. The first-order chi connectivity index (χ1) is 7.60. The van der Waals surface area contributed by atoms with Crippen molar-refractivity contribution in [2.45, 2.75) is 19.3 Å². The summed E-state index contributed by atoms with van der Waals surface area (Å²) < 4.78 is 26.5. The minimum Gasteiger partial charge on any atom is -0.396 e. The number of nitrogens with two attached hydrogens (primary N) is 1. The third-order valence-electron chi connectivity index (χ3n) is 3.87. The van der Waals surface area contributed by atoms with Crippen molar-refractivity contribution >= 4 is 11.4 Å². The zero-order chi connectivity index (χ0) is 11.3. The summed E-state index contributed by atoms with van der Waals surface area (Å²) in [6, 6.07) is 2.27. The van der Waals surface area contributed by atoms with Gasteiger partial charge in [-0.2, -0.15) is 0 Å². The fourth-order valence-corrected chi connectivity index (χ4v) is 2.72. The van der Waals surface area contributed by atoms with Gasteiger partial charge in [0.15, 0.2) is 0 Å². The molecule has 2 nitrogen and oxygen atoms in total. The lowest BCUT2D eigenvalue weighted by Crippen LogP contribution is -2.60. The number of hydrogen-bond acceptors (Lipinski definition) is 2. The van der Waals surface area contributed by atoms with Gasteiger partial charge in [0.25, 0.3) is 0 Å². The first-order valence-corrected chi connectivity index (χ1v) is 5.59. The molecule has 1 aromatic carbocycles. The fourth-order valence-electron chi connectivity index (χ4n) is 2.72. The smallest absolute Gasteiger partial charge is 0.149 e. The number of halogens is 2. The molecule has 1 saturated carbocycles. The highest BCUT2D eigenvalue weighted by Gasteiger charge is 2.47. The molecule has 1 heterocycles. The normalized spacial score (nSPS) is 21.8. The Balaban J connectivity index is 1.83. The average Bonchev–Trinajstić information content (AvgIpc) is 2.08. The van der Waals surface area contributed by atoms with Crippen LogP contribution in [-0.2, 0) is 0 Å². The van der Waals surface area contributed by atoms with Gasteiger partial charge in [0.1, 0.15) is 11.6 Å². The Hall–Kier alpha value is -1.32. The Labute approximate surface area is 93.0 Å². The monoisotopic (exact) mass is 224 g/mol. The number of nitrogens with zero attached hydrogens (tertiary/aromatic N) is 1. The molecule has 0 unspecified atom stereocenters. The van der Waals surface area contributed by atoms with Crippen molar-refractivity contribution in [2.24, 2.45) is 5.41 Å². The van der Waals surface area contributed by atoms with Crippen LogP contribution in [0, 0.1) is 17.0 Å². The summed E-state index contributed by atoms with van der Waals surface area (Å²) in [5.41, 5.74) is 6.34. The third kappa shape index (κ3) is 1.29. The summed E-state index contributed by atoms with van der Waals surface area (Å²) in [5, 5.41) is 0. The number of nitrogen functional groups attached to an aromatic ring is 1. The van der Waals surface area contributed by atoms with E-state index in [1.165, 1.54) is 25.3 Å². The Bertz CT molecular complexity index is 433. The zero-order valence-electron chi connectivity index (χ0n) is 8.97. The van der Waals surface area contributed by atoms with E-state index in [4.69, 9.17) is 5.73 Å². The zero-order valence-corrected chi connectivity index (χ0v) is 8.97. The van der Waals surface area contributed by atoms with E-state index >= 15 is 0 Å². The highest BCUT2D eigenvalue weighted by atomic mass is 19.1. The summed E-state index contributed by atoms with van der Waals surface area (Å²) in [6.07, 6.45) is 3.76. The van der Waals surface area contributed by atoms with E-state index in [9.17, 15) is 8.78 Å². The van der Waals surface area contributed by atoms with E-state index in [1.807, 2.05) is 4.90 Å². The molecule has 2 aliphatic rings. The maximum Gasteiger partial charge on any atom is 0.149 e. The summed E-state index contributed by atoms with van der Waals surface area (Å²) in [6.45, 7) is 1.77. The minimum absolute atomic E-state index is 0.0194. The van der Waals surface area contributed by atoms with E-state index in [0.29, 0.717) is 11.1 Å². The minimum atomic E-state index is -0.680. The molecule has 16 heavy (non-hydrogen) atoms. The molecule has 1 spiro atoms. The van der Waals surface area contributed by atoms with Crippen LogP contribution in [0.2, 0.25) is 0 Å². The summed E-state index contributed by atoms with van der Waals surface area (Å²) in [5.74, 6) is -1.19.